The summed E-state index contributed by atoms with van der Waals surface area (Å²) in [5.41, 5.74) is 1.28. The van der Waals surface area contributed by atoms with E-state index in [-0.39, 0.29) is 47.4 Å². The molecule has 0 radical (unpaired) electrons. The van der Waals surface area contributed by atoms with Crippen LogP contribution < -0.4 is 10.6 Å². The van der Waals surface area contributed by atoms with Crippen molar-refractivity contribution >= 4 is 69.6 Å². The number of nitrogens with one attached hydrogen (secondary N) is 2. The number of aromatic nitrogens is 2. The molecule has 4 bridgehead atoms. The second kappa shape index (κ2) is 13.6. The third-order valence-corrected chi connectivity index (χ3v) is 13.2. The summed E-state index contributed by atoms with van der Waals surface area (Å²) >= 11 is 23.8. The first-order chi connectivity index (χ1) is 25.9. The van der Waals surface area contributed by atoms with Crippen LogP contribution in [0, 0.1) is 59.0 Å². The fraction of sp³-hybridized carbons (Fsp3) is 0.368. The summed E-state index contributed by atoms with van der Waals surface area (Å²) in [7, 11) is 0. The highest BCUT2D eigenvalue weighted by molar-refractivity contribution is 6.42. The Morgan fingerprint density at radius 3 is 1.35 bits per heavy atom. The molecule has 2 saturated carbocycles. The van der Waals surface area contributed by atoms with Gasteiger partial charge in [-0.05, 0) is 85.0 Å². The molecule has 16 heteroatoms. The predicted molar refractivity (Wildman–Crippen MR) is 191 cm³/mol. The van der Waals surface area contributed by atoms with Gasteiger partial charge in [-0.25, -0.2) is 18.7 Å². The Balaban J connectivity index is 0.000000142. The number of hydrogen-bond acceptors (Lipinski definition) is 6. The van der Waals surface area contributed by atoms with Gasteiger partial charge in [0.1, 0.15) is 0 Å². The monoisotopic (exact) mass is 820 g/mol. The minimum absolute atomic E-state index is 0.148. The van der Waals surface area contributed by atoms with Gasteiger partial charge in [-0.3, -0.25) is 9.59 Å². The van der Waals surface area contributed by atoms with Gasteiger partial charge in [0.2, 0.25) is 23.7 Å². The molecule has 6 fully saturated rings. The highest BCUT2D eigenvalue weighted by atomic mass is 35.5. The van der Waals surface area contributed by atoms with Crippen LogP contribution in [-0.2, 0) is 19.1 Å². The van der Waals surface area contributed by atoms with Gasteiger partial charge in [0.15, 0.2) is 11.6 Å². The van der Waals surface area contributed by atoms with E-state index in [9.17, 15) is 27.2 Å². The smallest absolute Gasteiger partial charge is 0.249 e. The van der Waals surface area contributed by atoms with E-state index in [4.69, 9.17) is 55.9 Å². The first-order valence-corrected chi connectivity index (χ1v) is 18.8. The van der Waals surface area contributed by atoms with Crippen LogP contribution in [0.2, 0.25) is 20.1 Å². The van der Waals surface area contributed by atoms with Crippen LogP contribution in [0.4, 0.5) is 28.9 Å². The quantitative estimate of drug-likeness (QED) is 0.149. The third-order valence-electron chi connectivity index (χ3n) is 11.7. The molecule has 8 nitrogen and oxygen atoms in total. The van der Waals surface area contributed by atoms with Gasteiger partial charge < -0.3 is 20.1 Å². The minimum Gasteiger partial charge on any atom is -0.373 e. The number of hydrogen-bond donors (Lipinski definition) is 2. The van der Waals surface area contributed by atoms with Gasteiger partial charge in [0, 0.05) is 46.7 Å². The lowest BCUT2D eigenvalue weighted by Gasteiger charge is -2.27. The van der Waals surface area contributed by atoms with E-state index in [1.807, 2.05) is 0 Å². The molecule has 6 heterocycles. The van der Waals surface area contributed by atoms with Crippen LogP contribution in [0.3, 0.4) is 0 Å². The number of fused-ring (bicyclic) bond motifs is 10. The topological polar surface area (TPSA) is 102 Å². The van der Waals surface area contributed by atoms with Gasteiger partial charge >= 0.3 is 0 Å². The first-order valence-electron chi connectivity index (χ1n) is 17.3. The van der Waals surface area contributed by atoms with E-state index in [2.05, 4.69) is 20.6 Å². The number of rotatable bonds is 6. The van der Waals surface area contributed by atoms with Crippen LogP contribution in [-0.4, -0.2) is 46.2 Å². The molecule has 12 atom stereocenters. The number of carbonyl (C=O) groups excluding carboxylic acids is 2. The summed E-state index contributed by atoms with van der Waals surface area (Å²) < 4.78 is 68.2. The van der Waals surface area contributed by atoms with Gasteiger partial charge in [-0.15, -0.1) is 0 Å². The largest absolute Gasteiger partial charge is 0.373 e. The molecular weight excluding hydrogens is 794 g/mol. The SMILES string of the molecule is O=C(Nc1ccc(Cl)c(Cl)c1)[C@@H]1[C@@H]2O[C@@H]([C@H]3C[C@H]32)[C@@H]1c1ccnc(F)c1F.O=C(Nc1ccc(Cl)c(Cl)c1)[C@H]1[C@H]2O[C@H]([C@@H]3C[C@@H]32)[C@H]1c1ccnc(F)c1F. The van der Waals surface area contributed by atoms with Crippen molar-refractivity contribution in [2.75, 3.05) is 10.6 Å². The first kappa shape index (κ1) is 36.1. The van der Waals surface area contributed by atoms with E-state index >= 15 is 0 Å². The number of anilines is 2. The molecule has 10 rings (SSSR count). The van der Waals surface area contributed by atoms with Crippen molar-refractivity contribution in [1.29, 1.82) is 0 Å². The molecule has 4 aromatic rings. The van der Waals surface area contributed by atoms with Crippen molar-refractivity contribution in [3.05, 3.63) is 116 Å². The lowest BCUT2D eigenvalue weighted by Crippen LogP contribution is -2.37. The summed E-state index contributed by atoms with van der Waals surface area (Å²) in [5.74, 6) is -6.00. The van der Waals surface area contributed by atoms with Gasteiger partial charge in [-0.1, -0.05) is 46.4 Å². The molecular formula is C38H28Cl4F4N4O4. The van der Waals surface area contributed by atoms with E-state index in [0.29, 0.717) is 55.1 Å². The summed E-state index contributed by atoms with van der Waals surface area (Å²) in [4.78, 5) is 32.8. The molecule has 4 saturated heterocycles. The summed E-state index contributed by atoms with van der Waals surface area (Å²) in [6.07, 6.45) is 3.22. The Kier molecular flexibility index (Phi) is 9.10. The summed E-state index contributed by atoms with van der Waals surface area (Å²) in [6.45, 7) is 0. The van der Waals surface area contributed by atoms with Gasteiger partial charge in [-0.2, -0.15) is 8.78 Å². The zero-order valence-electron chi connectivity index (χ0n) is 27.7. The number of ether oxygens (including phenoxy) is 2. The second-order valence-electron chi connectivity index (χ2n) is 14.6. The zero-order valence-corrected chi connectivity index (χ0v) is 30.7. The number of nitrogens with zero attached hydrogens (tertiary/aromatic N) is 2. The Bertz CT molecular complexity index is 2070. The molecule has 4 aliphatic heterocycles. The molecule has 0 spiro atoms. The molecule has 280 valence electrons. The van der Waals surface area contributed by atoms with Crippen LogP contribution in [0.25, 0.3) is 0 Å². The molecule has 2 aliphatic carbocycles. The molecule has 2 N–H and O–H groups in total. The average molecular weight is 822 g/mol. The highest BCUT2D eigenvalue weighted by Crippen LogP contribution is 2.66. The molecule has 6 aliphatic rings. The van der Waals surface area contributed by atoms with E-state index in [0.717, 1.165) is 12.8 Å². The Labute approximate surface area is 325 Å². The normalized spacial score (nSPS) is 33.0. The molecule has 2 aromatic heterocycles. The fourth-order valence-corrected chi connectivity index (χ4v) is 9.91. The maximum atomic E-state index is 14.4. The summed E-state index contributed by atoms with van der Waals surface area (Å²) in [5, 5.41) is 7.03. The van der Waals surface area contributed by atoms with Crippen LogP contribution in [0.15, 0.2) is 60.9 Å². The molecule has 2 aromatic carbocycles. The Morgan fingerprint density at radius 1 is 0.574 bits per heavy atom. The van der Waals surface area contributed by atoms with Crippen molar-refractivity contribution in [3.8, 4) is 0 Å². The standard InChI is InChI=1S/2C19H14Cl2F2N2O2/c2*20-11-2-1-7(5-12(11)21)25-19(26)14-13(8-3-4-24-18(23)15(8)22)16-9-6-10(9)17(14)27-16/h2*1-5,9-10,13-14,16-17H,6H2,(H,25,26)/t2*9-,10+,13+,14-,16-,17+/m10/s1. The van der Waals surface area contributed by atoms with Crippen LogP contribution >= 0.6 is 46.4 Å². The third kappa shape index (κ3) is 6.04. The number of amides is 2. The maximum Gasteiger partial charge on any atom is 0.249 e. The predicted octanol–water partition coefficient (Wildman–Crippen LogP) is 8.84. The second-order valence-corrected chi connectivity index (χ2v) is 16.2. The van der Waals surface area contributed by atoms with E-state index in [1.54, 1.807) is 36.4 Å². The summed E-state index contributed by atoms with van der Waals surface area (Å²) in [6, 6.07) is 12.4. The average Bonchev–Trinajstić information content (AvgIpc) is 3.98. The lowest BCUT2D eigenvalue weighted by atomic mass is 9.75. The van der Waals surface area contributed by atoms with Crippen molar-refractivity contribution in [3.63, 3.8) is 0 Å². The fourth-order valence-electron chi connectivity index (χ4n) is 9.31. The number of halogens is 8. The van der Waals surface area contributed by atoms with E-state index in [1.165, 1.54) is 24.5 Å². The van der Waals surface area contributed by atoms with Crippen molar-refractivity contribution < 1.29 is 36.6 Å². The maximum absolute atomic E-state index is 14.4. The van der Waals surface area contributed by atoms with Crippen LogP contribution in [0.1, 0.15) is 35.8 Å². The van der Waals surface area contributed by atoms with Gasteiger partial charge in [0.05, 0.1) is 56.3 Å². The Hall–Kier alpha value is -3.52. The number of carbonyl (C=O) groups is 2. The zero-order chi connectivity index (χ0) is 37.7. The minimum atomic E-state index is -1.16. The van der Waals surface area contributed by atoms with Crippen LogP contribution in [0.5, 0.6) is 0 Å². The number of pyridine rings is 2. The van der Waals surface area contributed by atoms with Crippen molar-refractivity contribution in [1.82, 2.24) is 9.97 Å². The molecule has 2 amide bonds. The van der Waals surface area contributed by atoms with Crippen molar-refractivity contribution in [2.24, 2.45) is 35.5 Å². The lowest BCUT2D eigenvalue weighted by molar-refractivity contribution is -0.122. The highest BCUT2D eigenvalue weighted by Gasteiger charge is 2.70. The van der Waals surface area contributed by atoms with Gasteiger partial charge in [0.25, 0.3) is 0 Å². The molecule has 54 heavy (non-hydrogen) atoms. The number of benzene rings is 2. The molecule has 0 unspecified atom stereocenters. The Morgan fingerprint density at radius 2 is 0.963 bits per heavy atom. The van der Waals surface area contributed by atoms with E-state index < -0.39 is 47.2 Å². The van der Waals surface area contributed by atoms with Crippen molar-refractivity contribution in [2.45, 2.75) is 49.1 Å².